The Morgan fingerprint density at radius 1 is 1.12 bits per heavy atom. The summed E-state index contributed by atoms with van der Waals surface area (Å²) in [4.78, 5) is 44.4. The SMILES string of the molecule is CC1C(c2ccccc2)C[C@H](NC(=O)c2cnc3c(c2)CC2(C3)C(=O)Nc3ncncc32)c2ncc(C(C)(C)O)n21. The third-order valence-electron chi connectivity index (χ3n) is 8.95. The number of aliphatic hydroxyl groups is 1. The molecule has 3 unspecified atom stereocenters. The molecular weight excluding hydrogens is 518 g/mol. The molecule has 4 atom stereocenters. The molecule has 1 aliphatic carbocycles. The minimum Gasteiger partial charge on any atom is -0.384 e. The second kappa shape index (κ2) is 9.04. The van der Waals surface area contributed by atoms with Crippen LogP contribution in [-0.4, -0.2) is 41.4 Å². The minimum absolute atomic E-state index is 0.0340. The van der Waals surface area contributed by atoms with Gasteiger partial charge in [-0.05, 0) is 50.8 Å². The Kier molecular flexibility index (Phi) is 5.62. The van der Waals surface area contributed by atoms with Crippen LogP contribution < -0.4 is 10.6 Å². The molecule has 0 bridgehead atoms. The number of nitrogens with zero attached hydrogens (tertiary/aromatic N) is 5. The zero-order chi connectivity index (χ0) is 28.5. The lowest BCUT2D eigenvalue weighted by molar-refractivity contribution is -0.120. The van der Waals surface area contributed by atoms with Crippen LogP contribution in [0.1, 0.15) is 89.5 Å². The highest BCUT2D eigenvalue weighted by molar-refractivity contribution is 6.06. The molecule has 0 fully saturated rings. The maximum absolute atomic E-state index is 13.7. The summed E-state index contributed by atoms with van der Waals surface area (Å²) in [5.74, 6) is 0.991. The Hall–Kier alpha value is -4.44. The van der Waals surface area contributed by atoms with E-state index in [1.807, 2.05) is 24.3 Å². The van der Waals surface area contributed by atoms with Crippen molar-refractivity contribution < 1.29 is 14.7 Å². The molecule has 3 aromatic heterocycles. The van der Waals surface area contributed by atoms with Gasteiger partial charge in [-0.15, -0.1) is 0 Å². The summed E-state index contributed by atoms with van der Waals surface area (Å²) >= 11 is 0. The topological polar surface area (TPSA) is 135 Å². The predicted octanol–water partition coefficient (Wildman–Crippen LogP) is 3.50. The molecule has 7 rings (SSSR count). The summed E-state index contributed by atoms with van der Waals surface area (Å²) in [6.07, 6.45) is 7.94. The van der Waals surface area contributed by atoms with Crippen molar-refractivity contribution in [2.45, 2.75) is 69.1 Å². The van der Waals surface area contributed by atoms with E-state index in [1.165, 1.54) is 11.9 Å². The first-order chi connectivity index (χ1) is 19.7. The number of benzene rings is 1. The van der Waals surface area contributed by atoms with Gasteiger partial charge in [-0.25, -0.2) is 15.0 Å². The van der Waals surface area contributed by atoms with Gasteiger partial charge in [-0.1, -0.05) is 30.3 Å². The van der Waals surface area contributed by atoms with Gasteiger partial charge in [0.15, 0.2) is 0 Å². The smallest absolute Gasteiger partial charge is 0.253 e. The number of carbonyl (C=O) groups excluding carboxylic acids is 2. The lowest BCUT2D eigenvalue weighted by Gasteiger charge is -2.38. The Labute approximate surface area is 237 Å². The molecule has 0 saturated heterocycles. The van der Waals surface area contributed by atoms with Gasteiger partial charge in [0.1, 0.15) is 23.6 Å². The van der Waals surface area contributed by atoms with Gasteiger partial charge < -0.3 is 20.3 Å². The molecule has 2 amide bonds. The fourth-order valence-electron chi connectivity index (χ4n) is 6.86. The van der Waals surface area contributed by atoms with Crippen LogP contribution in [0, 0.1) is 0 Å². The maximum Gasteiger partial charge on any atom is 0.253 e. The van der Waals surface area contributed by atoms with Gasteiger partial charge in [0.05, 0.1) is 28.9 Å². The van der Waals surface area contributed by atoms with Crippen molar-refractivity contribution in [2.75, 3.05) is 5.32 Å². The average molecular weight is 550 g/mol. The van der Waals surface area contributed by atoms with Crippen LogP contribution >= 0.6 is 0 Å². The van der Waals surface area contributed by atoms with Crippen LogP contribution in [0.3, 0.4) is 0 Å². The van der Waals surface area contributed by atoms with E-state index in [0.717, 1.165) is 22.6 Å². The summed E-state index contributed by atoms with van der Waals surface area (Å²) in [7, 11) is 0. The van der Waals surface area contributed by atoms with E-state index < -0.39 is 11.0 Å². The van der Waals surface area contributed by atoms with Crippen LogP contribution in [-0.2, 0) is 28.7 Å². The summed E-state index contributed by atoms with van der Waals surface area (Å²) in [6.45, 7) is 5.64. The third-order valence-corrected chi connectivity index (χ3v) is 8.95. The van der Waals surface area contributed by atoms with Gasteiger partial charge in [-0.3, -0.25) is 14.6 Å². The molecule has 10 heteroatoms. The zero-order valence-electron chi connectivity index (χ0n) is 23.1. The van der Waals surface area contributed by atoms with Crippen molar-refractivity contribution in [3.05, 3.63) is 101 Å². The molecule has 3 N–H and O–H groups in total. The largest absolute Gasteiger partial charge is 0.384 e. The minimum atomic E-state index is -1.09. The number of fused-ring (bicyclic) bond motifs is 4. The fraction of sp³-hybridized carbons (Fsp3) is 0.355. The van der Waals surface area contributed by atoms with Crippen molar-refractivity contribution in [3.63, 3.8) is 0 Å². The number of pyridine rings is 1. The first-order valence-corrected chi connectivity index (χ1v) is 13.9. The molecule has 0 radical (unpaired) electrons. The van der Waals surface area contributed by atoms with E-state index in [4.69, 9.17) is 0 Å². The summed E-state index contributed by atoms with van der Waals surface area (Å²) in [6, 6.07) is 11.8. The lowest BCUT2D eigenvalue weighted by Crippen LogP contribution is -2.38. The molecular formula is C31H31N7O3. The Bertz CT molecular complexity index is 1690. The second-order valence-corrected chi connectivity index (χ2v) is 12.0. The maximum atomic E-state index is 13.7. The van der Waals surface area contributed by atoms with Crippen molar-refractivity contribution >= 4 is 17.6 Å². The first kappa shape index (κ1) is 25.5. The standard InChI is InChI=1S/C31H31N7O3/c1-17-21(18-7-5-4-6-8-18)10-23(27-34-15-25(38(17)27)30(2,3)41)36-28(39)20-9-19-11-31(12-24(19)33-13-20)22-14-32-16-35-26(22)37-29(31)40/h4-9,13-17,21,23,41H,10-12H2,1-3H3,(H,36,39)(H,32,35,37,40)/t17?,21?,23-,31?/m0/s1. The van der Waals surface area contributed by atoms with Crippen LogP contribution in [0.25, 0.3) is 0 Å². The highest BCUT2D eigenvalue weighted by Gasteiger charge is 2.52. The van der Waals surface area contributed by atoms with E-state index in [-0.39, 0.29) is 29.8 Å². The molecule has 41 heavy (non-hydrogen) atoms. The summed E-state index contributed by atoms with van der Waals surface area (Å²) in [5.41, 5.74) is 2.85. The molecule has 5 heterocycles. The second-order valence-electron chi connectivity index (χ2n) is 12.0. The van der Waals surface area contributed by atoms with Gasteiger partial charge in [0, 0.05) is 42.0 Å². The molecule has 1 spiro atoms. The Morgan fingerprint density at radius 3 is 2.71 bits per heavy atom. The fourth-order valence-corrected chi connectivity index (χ4v) is 6.86. The number of hydrogen-bond donors (Lipinski definition) is 3. The number of rotatable bonds is 4. The summed E-state index contributed by atoms with van der Waals surface area (Å²) < 4.78 is 2.08. The van der Waals surface area contributed by atoms with Gasteiger partial charge in [-0.2, -0.15) is 0 Å². The number of nitrogens with one attached hydrogen (secondary N) is 2. The lowest BCUT2D eigenvalue weighted by atomic mass is 9.80. The molecule has 4 aromatic rings. The number of amides is 2. The Morgan fingerprint density at radius 2 is 1.93 bits per heavy atom. The van der Waals surface area contributed by atoms with E-state index in [1.54, 1.807) is 32.4 Å². The normalized spacial score (nSPS) is 24.5. The number of imidazole rings is 1. The summed E-state index contributed by atoms with van der Waals surface area (Å²) in [5, 5.41) is 17.0. The number of anilines is 1. The van der Waals surface area contributed by atoms with Crippen LogP contribution in [0.4, 0.5) is 5.82 Å². The first-order valence-electron chi connectivity index (χ1n) is 13.9. The van der Waals surface area contributed by atoms with Crippen molar-refractivity contribution in [1.29, 1.82) is 0 Å². The van der Waals surface area contributed by atoms with Gasteiger partial charge in [0.2, 0.25) is 5.91 Å². The monoisotopic (exact) mass is 549 g/mol. The molecule has 208 valence electrons. The number of aromatic nitrogens is 5. The van der Waals surface area contributed by atoms with E-state index in [2.05, 4.69) is 54.2 Å². The van der Waals surface area contributed by atoms with E-state index in [9.17, 15) is 14.7 Å². The number of hydrogen-bond acceptors (Lipinski definition) is 7. The van der Waals surface area contributed by atoms with Crippen LogP contribution in [0.5, 0.6) is 0 Å². The van der Waals surface area contributed by atoms with Crippen LogP contribution in [0.15, 0.2) is 61.3 Å². The highest BCUT2D eigenvalue weighted by atomic mass is 16.3. The zero-order valence-corrected chi connectivity index (χ0v) is 23.1. The quantitative estimate of drug-likeness (QED) is 0.355. The van der Waals surface area contributed by atoms with Crippen molar-refractivity contribution in [1.82, 2.24) is 29.8 Å². The molecule has 2 aliphatic heterocycles. The van der Waals surface area contributed by atoms with Crippen molar-refractivity contribution in [2.24, 2.45) is 0 Å². The number of carbonyl (C=O) groups is 2. The van der Waals surface area contributed by atoms with E-state index >= 15 is 0 Å². The highest BCUT2D eigenvalue weighted by Crippen LogP contribution is 2.46. The van der Waals surface area contributed by atoms with Gasteiger partial charge >= 0.3 is 0 Å². The third kappa shape index (κ3) is 3.96. The van der Waals surface area contributed by atoms with Crippen LogP contribution in [0.2, 0.25) is 0 Å². The molecule has 10 nitrogen and oxygen atoms in total. The van der Waals surface area contributed by atoms with Crippen molar-refractivity contribution in [3.8, 4) is 0 Å². The molecule has 0 saturated carbocycles. The molecule has 3 aliphatic rings. The Balaban J connectivity index is 1.19. The van der Waals surface area contributed by atoms with E-state index in [0.29, 0.717) is 36.3 Å². The predicted molar refractivity (Wildman–Crippen MR) is 150 cm³/mol. The van der Waals surface area contributed by atoms with Gasteiger partial charge in [0.25, 0.3) is 5.91 Å². The molecule has 1 aromatic carbocycles. The average Bonchev–Trinajstić information content (AvgIpc) is 3.65.